The second kappa shape index (κ2) is 12.5. The van der Waals surface area contributed by atoms with E-state index in [1.54, 1.807) is 24.3 Å². The van der Waals surface area contributed by atoms with Crippen molar-refractivity contribution >= 4 is 39.2 Å². The second-order valence-electron chi connectivity index (χ2n) is 7.91. The molecular formula is C26H27ClN2O5S. The van der Waals surface area contributed by atoms with Crippen molar-refractivity contribution in [2.24, 2.45) is 0 Å². The molecule has 1 atom stereocenters. The number of esters is 1. The lowest BCUT2D eigenvalue weighted by Gasteiger charge is -2.19. The molecule has 0 unspecified atom stereocenters. The maximum absolute atomic E-state index is 13.1. The number of halogens is 1. The summed E-state index contributed by atoms with van der Waals surface area (Å²) in [6, 6.07) is 21.3. The van der Waals surface area contributed by atoms with E-state index in [-0.39, 0.29) is 23.7 Å². The Morgan fingerprint density at radius 3 is 2.14 bits per heavy atom. The fraction of sp³-hybridized carbons (Fsp3) is 0.231. The van der Waals surface area contributed by atoms with Crippen LogP contribution in [0.2, 0.25) is 5.02 Å². The number of carbonyl (C=O) groups is 2. The van der Waals surface area contributed by atoms with Gasteiger partial charge in [0.05, 0.1) is 12.0 Å². The second-order valence-corrected chi connectivity index (χ2v) is 10.1. The number of hydrogen-bond donors (Lipinski definition) is 2. The highest BCUT2D eigenvalue weighted by atomic mass is 35.5. The Balaban J connectivity index is 1.72. The largest absolute Gasteiger partial charge is 0.469 e. The van der Waals surface area contributed by atoms with Gasteiger partial charge in [0.2, 0.25) is 15.9 Å². The maximum Gasteiger partial charge on any atom is 0.305 e. The molecule has 3 rings (SSSR count). The molecule has 0 aliphatic heterocycles. The summed E-state index contributed by atoms with van der Waals surface area (Å²) in [7, 11) is -2.61. The van der Waals surface area contributed by atoms with Gasteiger partial charge < -0.3 is 10.1 Å². The van der Waals surface area contributed by atoms with Gasteiger partial charge in [0.25, 0.3) is 0 Å². The van der Waals surface area contributed by atoms with Crippen molar-refractivity contribution in [1.29, 1.82) is 0 Å². The van der Waals surface area contributed by atoms with Gasteiger partial charge in [-0.15, -0.1) is 0 Å². The van der Waals surface area contributed by atoms with Gasteiger partial charge in [-0.05, 0) is 66.8 Å². The van der Waals surface area contributed by atoms with Gasteiger partial charge in [0.1, 0.15) is 6.04 Å². The van der Waals surface area contributed by atoms with E-state index >= 15 is 0 Å². The zero-order valence-electron chi connectivity index (χ0n) is 19.2. The molecule has 184 valence electrons. The summed E-state index contributed by atoms with van der Waals surface area (Å²) in [5, 5.41) is 3.20. The van der Waals surface area contributed by atoms with Gasteiger partial charge in [0.15, 0.2) is 0 Å². The molecule has 0 radical (unpaired) electrons. The molecule has 0 saturated heterocycles. The number of amides is 1. The molecule has 0 aliphatic rings. The van der Waals surface area contributed by atoms with Gasteiger partial charge in [-0.2, -0.15) is 4.72 Å². The molecule has 2 N–H and O–H groups in total. The first-order valence-corrected chi connectivity index (χ1v) is 12.9. The topological polar surface area (TPSA) is 102 Å². The van der Waals surface area contributed by atoms with Crippen LogP contribution in [0.5, 0.6) is 0 Å². The third-order valence-corrected chi connectivity index (χ3v) is 7.11. The van der Waals surface area contributed by atoms with Crippen LogP contribution in [0, 0.1) is 0 Å². The average molecular weight is 515 g/mol. The van der Waals surface area contributed by atoms with E-state index in [1.165, 1.54) is 31.4 Å². The van der Waals surface area contributed by atoms with Crippen LogP contribution in [-0.4, -0.2) is 33.4 Å². The Labute approximate surface area is 210 Å². The molecule has 0 aliphatic carbocycles. The van der Waals surface area contributed by atoms with E-state index in [0.29, 0.717) is 23.6 Å². The smallest absolute Gasteiger partial charge is 0.305 e. The number of rotatable bonds is 11. The summed E-state index contributed by atoms with van der Waals surface area (Å²) in [5.41, 5.74) is 2.43. The molecule has 0 fully saturated rings. The lowest BCUT2D eigenvalue weighted by molar-refractivity contribution is -0.140. The van der Waals surface area contributed by atoms with Crippen molar-refractivity contribution < 1.29 is 22.7 Å². The van der Waals surface area contributed by atoms with Gasteiger partial charge in [-0.3, -0.25) is 9.59 Å². The number of hydrogen-bond acceptors (Lipinski definition) is 5. The number of methoxy groups -OCH3 is 1. The fourth-order valence-corrected chi connectivity index (χ4v) is 4.76. The van der Waals surface area contributed by atoms with Gasteiger partial charge in [-0.1, -0.05) is 54.1 Å². The number of ether oxygens (including phenoxy) is 1. The van der Waals surface area contributed by atoms with Crippen LogP contribution < -0.4 is 10.0 Å². The summed E-state index contributed by atoms with van der Waals surface area (Å²) in [6.45, 7) is 0. The van der Waals surface area contributed by atoms with Crippen LogP contribution >= 0.6 is 11.6 Å². The Kier molecular flexibility index (Phi) is 9.42. The van der Waals surface area contributed by atoms with Crippen molar-refractivity contribution in [2.45, 2.75) is 36.6 Å². The van der Waals surface area contributed by atoms with Gasteiger partial charge in [0, 0.05) is 17.1 Å². The fourth-order valence-electron chi connectivity index (χ4n) is 3.40. The van der Waals surface area contributed by atoms with Gasteiger partial charge >= 0.3 is 5.97 Å². The summed E-state index contributed by atoms with van der Waals surface area (Å²) in [4.78, 5) is 24.5. The first kappa shape index (κ1) is 26.4. The van der Waals surface area contributed by atoms with E-state index < -0.39 is 22.0 Å². The van der Waals surface area contributed by atoms with Crippen LogP contribution in [0.1, 0.15) is 24.0 Å². The standard InChI is InChI=1S/C26H27ClN2O5S/c1-34-25(30)18-10-20-7-13-22(14-8-20)28-26(31)24(17-9-19-5-3-2-4-6-19)29-35(32,33)23-15-11-21(27)12-16-23/h2-8,11-16,24,29H,9-10,17-18H2,1H3,(H,28,31)/t24-/m0/s1. The van der Waals surface area contributed by atoms with E-state index in [0.717, 1.165) is 11.1 Å². The number of nitrogens with one attached hydrogen (secondary N) is 2. The summed E-state index contributed by atoms with van der Waals surface area (Å²) < 4.78 is 33.1. The first-order valence-electron chi connectivity index (χ1n) is 11.1. The minimum atomic E-state index is -3.96. The summed E-state index contributed by atoms with van der Waals surface area (Å²) in [5.74, 6) is -0.766. The lowest BCUT2D eigenvalue weighted by Crippen LogP contribution is -2.44. The number of aryl methyl sites for hydroxylation is 2. The molecule has 3 aromatic carbocycles. The van der Waals surface area contributed by atoms with Crippen LogP contribution in [0.4, 0.5) is 5.69 Å². The Morgan fingerprint density at radius 1 is 0.886 bits per heavy atom. The van der Waals surface area contributed by atoms with Crippen molar-refractivity contribution in [3.63, 3.8) is 0 Å². The molecule has 0 saturated carbocycles. The molecule has 0 spiro atoms. The third kappa shape index (κ3) is 8.20. The average Bonchev–Trinajstić information content (AvgIpc) is 2.86. The Hall–Kier alpha value is -3.20. The van der Waals surface area contributed by atoms with E-state index in [2.05, 4.69) is 14.8 Å². The highest BCUT2D eigenvalue weighted by Crippen LogP contribution is 2.17. The first-order chi connectivity index (χ1) is 16.8. The normalized spacial score (nSPS) is 12.1. The monoisotopic (exact) mass is 514 g/mol. The summed E-state index contributed by atoms with van der Waals surface area (Å²) >= 11 is 5.88. The molecule has 35 heavy (non-hydrogen) atoms. The number of carbonyl (C=O) groups excluding carboxylic acids is 2. The van der Waals surface area contributed by atoms with Crippen molar-refractivity contribution in [2.75, 3.05) is 12.4 Å². The van der Waals surface area contributed by atoms with Crippen molar-refractivity contribution in [3.05, 3.63) is 95.0 Å². The zero-order chi connectivity index (χ0) is 25.3. The Bertz CT molecular complexity index is 1230. The molecule has 3 aromatic rings. The predicted molar refractivity (Wildman–Crippen MR) is 136 cm³/mol. The van der Waals surface area contributed by atoms with Gasteiger partial charge in [-0.25, -0.2) is 8.42 Å². The zero-order valence-corrected chi connectivity index (χ0v) is 20.8. The number of sulfonamides is 1. The van der Waals surface area contributed by atoms with E-state index in [4.69, 9.17) is 11.6 Å². The molecular weight excluding hydrogens is 488 g/mol. The number of benzene rings is 3. The lowest BCUT2D eigenvalue weighted by atomic mass is 10.1. The molecule has 9 heteroatoms. The number of anilines is 1. The summed E-state index contributed by atoms with van der Waals surface area (Å²) in [6.07, 6.45) is 1.55. The highest BCUT2D eigenvalue weighted by Gasteiger charge is 2.26. The van der Waals surface area contributed by atoms with E-state index in [1.807, 2.05) is 30.3 Å². The van der Waals surface area contributed by atoms with Crippen molar-refractivity contribution in [1.82, 2.24) is 4.72 Å². The Morgan fingerprint density at radius 2 is 1.51 bits per heavy atom. The minimum Gasteiger partial charge on any atom is -0.469 e. The van der Waals surface area contributed by atoms with Crippen LogP contribution in [-0.2, 0) is 37.2 Å². The van der Waals surface area contributed by atoms with Crippen LogP contribution in [0.15, 0.2) is 83.8 Å². The molecule has 0 aromatic heterocycles. The quantitative estimate of drug-likeness (QED) is 0.370. The molecule has 0 bridgehead atoms. The minimum absolute atomic E-state index is 0.0226. The maximum atomic E-state index is 13.1. The molecule has 7 nitrogen and oxygen atoms in total. The predicted octanol–water partition coefficient (Wildman–Crippen LogP) is 4.36. The third-order valence-electron chi connectivity index (χ3n) is 5.37. The highest BCUT2D eigenvalue weighted by molar-refractivity contribution is 7.89. The van der Waals surface area contributed by atoms with E-state index in [9.17, 15) is 18.0 Å². The van der Waals surface area contributed by atoms with Crippen molar-refractivity contribution in [3.8, 4) is 0 Å². The van der Waals surface area contributed by atoms with Crippen LogP contribution in [0.3, 0.4) is 0 Å². The van der Waals surface area contributed by atoms with Crippen LogP contribution in [0.25, 0.3) is 0 Å². The SMILES string of the molecule is COC(=O)CCc1ccc(NC(=O)[C@H](CCc2ccccc2)NS(=O)(=O)c2ccc(Cl)cc2)cc1. The molecule has 1 amide bonds. The molecule has 0 heterocycles.